The number of rotatable bonds is 7. The average Bonchev–Trinajstić information content (AvgIpc) is 3.04. The second-order valence-electron chi connectivity index (χ2n) is 6.72. The van der Waals surface area contributed by atoms with E-state index in [4.69, 9.17) is 5.73 Å². The van der Waals surface area contributed by atoms with Crippen molar-refractivity contribution in [1.29, 1.82) is 0 Å². The molecule has 0 aliphatic rings. The molecule has 3 aromatic rings. The molecular weight excluding hydrogens is 463 g/mol. The van der Waals surface area contributed by atoms with Gasteiger partial charge in [-0.1, -0.05) is 12.1 Å². The minimum atomic E-state index is -4.97. The van der Waals surface area contributed by atoms with Crippen LogP contribution in [0.25, 0.3) is 16.6 Å². The number of amides is 1. The number of alkyl halides is 5. The lowest BCUT2D eigenvalue weighted by Crippen LogP contribution is -2.23. The molecule has 0 spiro atoms. The van der Waals surface area contributed by atoms with Gasteiger partial charge in [0.25, 0.3) is 21.9 Å². The average molecular weight is 478 g/mol. The van der Waals surface area contributed by atoms with Crippen LogP contribution in [0.3, 0.4) is 0 Å². The van der Waals surface area contributed by atoms with E-state index in [-0.39, 0.29) is 16.9 Å². The maximum Gasteiger partial charge on any atom is 0.573 e. The molecule has 1 amide bonds. The Morgan fingerprint density at radius 3 is 2.34 bits per heavy atom. The third-order valence-electron chi connectivity index (χ3n) is 4.24. The number of aromatic nitrogens is 1. The van der Waals surface area contributed by atoms with Crippen LogP contribution in [0.5, 0.6) is 5.75 Å². The summed E-state index contributed by atoms with van der Waals surface area (Å²) >= 11 is 0. The Bertz CT molecular complexity index is 1280. The molecule has 0 fully saturated rings. The van der Waals surface area contributed by atoms with Crippen molar-refractivity contribution in [3.05, 3.63) is 59.8 Å². The Morgan fingerprint density at radius 2 is 1.75 bits per heavy atom. The zero-order valence-corrected chi connectivity index (χ0v) is 17.0. The molecule has 32 heavy (non-hydrogen) atoms. The predicted octanol–water partition coefficient (Wildman–Crippen LogP) is 3.70. The van der Waals surface area contributed by atoms with Gasteiger partial charge in [-0.3, -0.25) is 8.98 Å². The van der Waals surface area contributed by atoms with Crippen LogP contribution >= 0.6 is 0 Å². The van der Waals surface area contributed by atoms with Crippen molar-refractivity contribution >= 4 is 26.9 Å². The third kappa shape index (κ3) is 5.34. The van der Waals surface area contributed by atoms with Crippen molar-refractivity contribution in [3.8, 4) is 11.4 Å². The van der Waals surface area contributed by atoms with Crippen LogP contribution in [0.4, 0.5) is 22.0 Å². The summed E-state index contributed by atoms with van der Waals surface area (Å²) in [5, 5.41) is 0.297. The highest BCUT2D eigenvalue weighted by Gasteiger charge is 2.34. The molecule has 0 unspecified atom stereocenters. The number of halogens is 5. The van der Waals surface area contributed by atoms with Gasteiger partial charge in [0.05, 0.1) is 11.8 Å². The van der Waals surface area contributed by atoms with Gasteiger partial charge in [-0.25, -0.2) is 0 Å². The molecule has 0 aliphatic heterocycles. The van der Waals surface area contributed by atoms with E-state index >= 15 is 0 Å². The molecule has 13 heteroatoms. The van der Waals surface area contributed by atoms with Crippen LogP contribution in [0, 0.1) is 0 Å². The summed E-state index contributed by atoms with van der Waals surface area (Å²) in [5.41, 5.74) is 4.53. The fourth-order valence-corrected chi connectivity index (χ4v) is 3.34. The van der Waals surface area contributed by atoms with Crippen molar-refractivity contribution in [2.45, 2.75) is 12.3 Å². The summed E-state index contributed by atoms with van der Waals surface area (Å²) in [6.07, 6.45) is -4.36. The van der Waals surface area contributed by atoms with Crippen LogP contribution in [0.1, 0.15) is 16.1 Å². The molecule has 0 saturated heterocycles. The molecule has 3 rings (SSSR count). The molecule has 0 radical (unpaired) electrons. The van der Waals surface area contributed by atoms with Gasteiger partial charge in [-0.2, -0.15) is 17.2 Å². The summed E-state index contributed by atoms with van der Waals surface area (Å²) in [6.45, 7) is -1.46. The molecule has 0 atom stereocenters. The zero-order chi connectivity index (χ0) is 23.9. The van der Waals surface area contributed by atoms with E-state index in [1.54, 1.807) is 0 Å². The third-order valence-corrected chi connectivity index (χ3v) is 4.79. The number of nitrogens with two attached hydrogens (primary N) is 1. The van der Waals surface area contributed by atoms with E-state index in [0.717, 1.165) is 28.8 Å². The van der Waals surface area contributed by atoms with Crippen LogP contribution < -0.4 is 10.5 Å². The van der Waals surface area contributed by atoms with Gasteiger partial charge >= 0.3 is 6.36 Å². The molecule has 0 aliphatic carbocycles. The lowest BCUT2D eigenvalue weighted by molar-refractivity contribution is -0.274. The molecule has 1 aromatic heterocycles. The fraction of sp³-hybridized carbons (Fsp3) is 0.211. The molecule has 172 valence electrons. The van der Waals surface area contributed by atoms with Crippen molar-refractivity contribution in [3.63, 3.8) is 0 Å². The summed E-state index contributed by atoms with van der Waals surface area (Å²) < 4.78 is 98.1. The highest BCUT2D eigenvalue weighted by Crippen LogP contribution is 2.34. The van der Waals surface area contributed by atoms with Crippen LogP contribution in [0.2, 0.25) is 0 Å². The van der Waals surface area contributed by atoms with Crippen molar-refractivity contribution in [2.24, 2.45) is 5.73 Å². The monoisotopic (exact) mass is 478 g/mol. The van der Waals surface area contributed by atoms with Gasteiger partial charge in [0.2, 0.25) is 0 Å². The van der Waals surface area contributed by atoms with Gasteiger partial charge in [0.15, 0.2) is 0 Å². The molecule has 7 nitrogen and oxygen atoms in total. The second-order valence-corrected chi connectivity index (χ2v) is 8.36. The van der Waals surface area contributed by atoms with E-state index in [1.807, 2.05) is 0 Å². The van der Waals surface area contributed by atoms with E-state index < -0.39 is 46.2 Å². The minimum Gasteiger partial charge on any atom is -0.406 e. The number of nitrogens with zero attached hydrogens (tertiary/aromatic N) is 1. The SMILES string of the molecule is CS(=O)(=O)OCC(F)(F)c1cccc(-n2c(C(N)=O)cc3ccc(OC(F)(F)F)cc32)c1. The quantitative estimate of drug-likeness (QED) is 0.412. The predicted molar refractivity (Wildman–Crippen MR) is 103 cm³/mol. The van der Waals surface area contributed by atoms with E-state index in [2.05, 4.69) is 8.92 Å². The van der Waals surface area contributed by atoms with Gasteiger partial charge in [-0.15, -0.1) is 13.2 Å². The summed E-state index contributed by atoms with van der Waals surface area (Å²) in [4.78, 5) is 11.9. The first-order valence-electron chi connectivity index (χ1n) is 8.70. The largest absolute Gasteiger partial charge is 0.573 e. The highest BCUT2D eigenvalue weighted by atomic mass is 32.2. The number of hydrogen-bond donors (Lipinski definition) is 1. The summed E-state index contributed by atoms with van der Waals surface area (Å²) in [5.74, 6) is -5.29. The topological polar surface area (TPSA) is 101 Å². The van der Waals surface area contributed by atoms with Gasteiger partial charge in [0.1, 0.15) is 18.1 Å². The van der Waals surface area contributed by atoms with Crippen molar-refractivity contribution in [1.82, 2.24) is 4.57 Å². The lowest BCUT2D eigenvalue weighted by atomic mass is 10.1. The Labute approximate surface area is 178 Å². The Kier molecular flexibility index (Phi) is 5.91. The standard InChI is InChI=1S/C19H15F5N2O5S/c1-32(28,29)30-10-18(20,21)12-3-2-4-13(8-12)26-15-9-14(31-19(22,23)24)6-5-11(15)7-16(26)17(25)27/h2-9H,10H2,1H3,(H2,25,27). The van der Waals surface area contributed by atoms with E-state index in [9.17, 15) is 35.2 Å². The number of hydrogen-bond acceptors (Lipinski definition) is 5. The molecular formula is C19H15F5N2O5S. The first-order valence-corrected chi connectivity index (χ1v) is 10.5. The summed E-state index contributed by atoms with van der Waals surface area (Å²) in [7, 11) is -4.14. The Morgan fingerprint density at radius 1 is 1.06 bits per heavy atom. The van der Waals surface area contributed by atoms with Crippen LogP contribution in [0.15, 0.2) is 48.5 Å². The van der Waals surface area contributed by atoms with Crippen LogP contribution in [-0.2, 0) is 20.2 Å². The summed E-state index contributed by atoms with van der Waals surface area (Å²) in [6, 6.07) is 9.00. The van der Waals surface area contributed by atoms with Crippen LogP contribution in [-0.4, -0.2) is 38.1 Å². The second kappa shape index (κ2) is 8.06. The molecule has 0 saturated carbocycles. The number of fused-ring (bicyclic) bond motifs is 1. The Balaban J connectivity index is 2.14. The zero-order valence-electron chi connectivity index (χ0n) is 16.2. The smallest absolute Gasteiger partial charge is 0.406 e. The van der Waals surface area contributed by atoms with Gasteiger partial charge in [0, 0.05) is 22.7 Å². The Hall–Kier alpha value is -3.19. The number of primary amides is 1. The number of ether oxygens (including phenoxy) is 1. The molecule has 2 aromatic carbocycles. The van der Waals surface area contributed by atoms with E-state index in [0.29, 0.717) is 11.6 Å². The van der Waals surface area contributed by atoms with Crippen molar-refractivity contribution < 1.29 is 44.1 Å². The number of carbonyl (C=O) groups excluding carboxylic acids is 1. The first-order chi connectivity index (χ1) is 14.7. The van der Waals surface area contributed by atoms with Gasteiger partial charge in [-0.05, 0) is 30.3 Å². The highest BCUT2D eigenvalue weighted by molar-refractivity contribution is 7.85. The minimum absolute atomic E-state index is 0.0329. The first kappa shape index (κ1) is 23.5. The maximum atomic E-state index is 14.5. The molecule has 2 N–H and O–H groups in total. The van der Waals surface area contributed by atoms with Crippen molar-refractivity contribution in [2.75, 3.05) is 12.9 Å². The molecule has 1 heterocycles. The lowest BCUT2D eigenvalue weighted by Gasteiger charge is -2.18. The maximum absolute atomic E-state index is 14.5. The number of carbonyl (C=O) groups is 1. The fourth-order valence-electron chi connectivity index (χ4n) is 2.97. The van der Waals surface area contributed by atoms with Gasteiger partial charge < -0.3 is 15.0 Å². The molecule has 0 bridgehead atoms. The number of benzene rings is 2. The van der Waals surface area contributed by atoms with E-state index in [1.165, 1.54) is 24.3 Å². The normalized spacial score (nSPS) is 12.8.